The molecule has 2 saturated heterocycles. The number of nitrogens with one attached hydrogen (secondary N) is 3. The summed E-state index contributed by atoms with van der Waals surface area (Å²) in [5.74, 6) is 1.44. The highest BCUT2D eigenvalue weighted by Gasteiger charge is 2.27. The van der Waals surface area contributed by atoms with E-state index in [1.165, 1.54) is 6.20 Å². The highest BCUT2D eigenvalue weighted by molar-refractivity contribution is 9.10. The number of likely N-dealkylation sites (N-methyl/N-ethyl adjacent to an activating group) is 1. The first-order valence-electron chi connectivity index (χ1n) is 15.8. The summed E-state index contributed by atoms with van der Waals surface area (Å²) >= 11 is 3.53. The number of rotatable bonds is 10. The third-order valence-electron chi connectivity index (χ3n) is 8.82. The minimum Gasteiger partial charge on any atom is -0.494 e. The second kappa shape index (κ2) is 14.1. The number of piperazine rings is 1. The molecule has 2 aromatic heterocycles. The zero-order valence-corrected chi connectivity index (χ0v) is 29.5. The molecule has 0 aliphatic carbocycles. The number of hydrogen-bond acceptors (Lipinski definition) is 12. The number of methoxy groups -OCH3 is 1. The standard InChI is InChI=1S/C32H41BrN10O3S/c1-21(2)47(44,45)40-30-27(8-7-26-29(30)35-12-11-34-26)37-31-24(33)20-36-32(39-31)38-25-6-5-23(19-28(25)46-4)42-13-9-22(10-14-42)43-17-15-41(3)16-18-43/h5-8,11-12,19-22,40H,9-10,13-18H2,1-4H3,(H2,36,37,38,39). The van der Waals surface area contributed by atoms with Gasteiger partial charge in [0.25, 0.3) is 0 Å². The maximum absolute atomic E-state index is 12.9. The van der Waals surface area contributed by atoms with Crippen molar-refractivity contribution in [3.63, 3.8) is 0 Å². The molecule has 4 aromatic rings. The molecule has 0 amide bonds. The number of aromatic nitrogens is 4. The van der Waals surface area contributed by atoms with E-state index in [0.29, 0.717) is 44.8 Å². The molecule has 250 valence electrons. The van der Waals surface area contributed by atoms with Crippen molar-refractivity contribution in [1.29, 1.82) is 0 Å². The van der Waals surface area contributed by atoms with Gasteiger partial charge >= 0.3 is 0 Å². The number of benzene rings is 2. The lowest BCUT2D eigenvalue weighted by Crippen LogP contribution is -2.52. The second-order valence-electron chi connectivity index (χ2n) is 12.2. The number of sulfonamides is 1. The van der Waals surface area contributed by atoms with Gasteiger partial charge in [-0.1, -0.05) is 0 Å². The van der Waals surface area contributed by atoms with Crippen molar-refractivity contribution < 1.29 is 13.2 Å². The molecule has 0 unspecified atom stereocenters. The van der Waals surface area contributed by atoms with Crippen LogP contribution in [0.25, 0.3) is 11.0 Å². The smallest absolute Gasteiger partial charge is 0.235 e. The molecule has 47 heavy (non-hydrogen) atoms. The van der Waals surface area contributed by atoms with Crippen LogP contribution in [-0.2, 0) is 10.0 Å². The van der Waals surface area contributed by atoms with E-state index in [-0.39, 0.29) is 5.69 Å². The van der Waals surface area contributed by atoms with E-state index < -0.39 is 15.3 Å². The summed E-state index contributed by atoms with van der Waals surface area (Å²) < 4.78 is 34.9. The van der Waals surface area contributed by atoms with Crippen LogP contribution in [0.4, 0.5) is 34.5 Å². The molecule has 0 atom stereocenters. The van der Waals surface area contributed by atoms with Crippen LogP contribution < -0.4 is 25.0 Å². The largest absolute Gasteiger partial charge is 0.494 e. The van der Waals surface area contributed by atoms with Crippen molar-refractivity contribution in [1.82, 2.24) is 29.7 Å². The zero-order chi connectivity index (χ0) is 33.1. The Kier molecular flexibility index (Phi) is 9.96. The third-order valence-corrected chi connectivity index (χ3v) is 11.1. The molecule has 2 aliphatic rings. The number of ether oxygens (including phenoxy) is 1. The van der Waals surface area contributed by atoms with E-state index in [1.807, 2.05) is 6.07 Å². The number of hydrogen-bond donors (Lipinski definition) is 3. The third kappa shape index (κ3) is 7.53. The number of nitrogens with zero attached hydrogens (tertiary/aromatic N) is 7. The van der Waals surface area contributed by atoms with Crippen molar-refractivity contribution in [3.8, 4) is 5.75 Å². The lowest BCUT2D eigenvalue weighted by molar-refractivity contribution is 0.0982. The molecule has 4 heterocycles. The summed E-state index contributed by atoms with van der Waals surface area (Å²) in [6, 6.07) is 10.3. The number of anilines is 6. The Morgan fingerprint density at radius 2 is 1.66 bits per heavy atom. The van der Waals surface area contributed by atoms with Gasteiger partial charge in [0.1, 0.15) is 17.1 Å². The zero-order valence-electron chi connectivity index (χ0n) is 27.1. The summed E-state index contributed by atoms with van der Waals surface area (Å²) in [4.78, 5) is 25.4. The van der Waals surface area contributed by atoms with Gasteiger partial charge in [0.2, 0.25) is 16.0 Å². The Balaban J connectivity index is 1.19. The SMILES string of the molecule is COc1cc(N2CCC(N3CCN(C)CC3)CC2)ccc1Nc1ncc(Br)c(Nc2ccc3nccnc3c2NS(=O)(=O)C(C)C)n1. The molecule has 2 fully saturated rings. The van der Waals surface area contributed by atoms with E-state index in [0.717, 1.165) is 63.5 Å². The predicted octanol–water partition coefficient (Wildman–Crippen LogP) is 5.04. The molecular formula is C32H41BrN10O3S. The quantitative estimate of drug-likeness (QED) is 0.202. The van der Waals surface area contributed by atoms with Gasteiger partial charge in [-0.3, -0.25) is 19.6 Å². The van der Waals surface area contributed by atoms with E-state index in [1.54, 1.807) is 45.5 Å². The highest BCUT2D eigenvalue weighted by Crippen LogP contribution is 2.36. The van der Waals surface area contributed by atoms with E-state index in [2.05, 4.69) is 80.1 Å². The van der Waals surface area contributed by atoms with Crippen molar-refractivity contribution in [2.24, 2.45) is 0 Å². The summed E-state index contributed by atoms with van der Waals surface area (Å²) in [5.41, 5.74) is 3.57. The molecule has 0 spiro atoms. The van der Waals surface area contributed by atoms with Crippen LogP contribution in [0, 0.1) is 0 Å². The monoisotopic (exact) mass is 724 g/mol. The first-order chi connectivity index (χ1) is 22.6. The molecular weight excluding hydrogens is 684 g/mol. The van der Waals surface area contributed by atoms with Gasteiger partial charge in [-0.2, -0.15) is 4.98 Å². The number of piperidine rings is 1. The molecule has 6 rings (SSSR count). The summed E-state index contributed by atoms with van der Waals surface area (Å²) in [7, 11) is 0.172. The predicted molar refractivity (Wildman–Crippen MR) is 191 cm³/mol. The van der Waals surface area contributed by atoms with Gasteiger partial charge in [0, 0.05) is 75.7 Å². The fraction of sp³-hybridized carbons (Fsp3) is 0.438. The van der Waals surface area contributed by atoms with Crippen molar-refractivity contribution in [3.05, 3.63) is 53.4 Å². The number of halogens is 1. The first-order valence-corrected chi connectivity index (χ1v) is 18.1. The molecule has 13 nitrogen and oxygen atoms in total. The lowest BCUT2D eigenvalue weighted by atomic mass is 10.0. The fourth-order valence-corrected chi connectivity index (χ4v) is 6.94. The van der Waals surface area contributed by atoms with Crippen molar-refractivity contribution in [2.45, 2.75) is 38.0 Å². The van der Waals surface area contributed by atoms with Crippen LogP contribution in [0.2, 0.25) is 0 Å². The number of fused-ring (bicyclic) bond motifs is 1. The second-order valence-corrected chi connectivity index (χ2v) is 15.3. The van der Waals surface area contributed by atoms with Gasteiger partial charge in [-0.25, -0.2) is 13.4 Å². The maximum Gasteiger partial charge on any atom is 0.235 e. The van der Waals surface area contributed by atoms with E-state index in [4.69, 9.17) is 9.72 Å². The summed E-state index contributed by atoms with van der Waals surface area (Å²) in [6.07, 6.45) is 7.02. The maximum atomic E-state index is 12.9. The topological polar surface area (TPSA) is 141 Å². The molecule has 0 bridgehead atoms. The van der Waals surface area contributed by atoms with Crippen LogP contribution in [0.1, 0.15) is 26.7 Å². The Bertz CT molecular complexity index is 1830. The lowest BCUT2D eigenvalue weighted by Gasteiger charge is -2.42. The minimum atomic E-state index is -3.68. The average Bonchev–Trinajstić information content (AvgIpc) is 3.07. The average molecular weight is 726 g/mol. The molecule has 0 saturated carbocycles. The van der Waals surface area contributed by atoms with Crippen molar-refractivity contribution in [2.75, 3.05) is 73.7 Å². The van der Waals surface area contributed by atoms with Gasteiger partial charge in [0.05, 0.1) is 39.4 Å². The van der Waals surface area contributed by atoms with Crippen LogP contribution >= 0.6 is 15.9 Å². The normalized spacial score (nSPS) is 16.9. The first kappa shape index (κ1) is 33.1. The van der Waals surface area contributed by atoms with Crippen LogP contribution in [0.5, 0.6) is 5.75 Å². The molecule has 2 aliphatic heterocycles. The molecule has 0 radical (unpaired) electrons. The summed E-state index contributed by atoms with van der Waals surface area (Å²) in [6.45, 7) is 9.84. The van der Waals surface area contributed by atoms with Crippen LogP contribution in [-0.4, -0.2) is 103 Å². The minimum absolute atomic E-state index is 0.286. The van der Waals surface area contributed by atoms with Gasteiger partial charge < -0.3 is 25.2 Å². The fourth-order valence-electron chi connectivity index (χ4n) is 5.92. The van der Waals surface area contributed by atoms with Gasteiger partial charge in [0.15, 0.2) is 0 Å². The van der Waals surface area contributed by atoms with Crippen LogP contribution in [0.3, 0.4) is 0 Å². The van der Waals surface area contributed by atoms with E-state index in [9.17, 15) is 8.42 Å². The molecule has 3 N–H and O–H groups in total. The summed E-state index contributed by atoms with van der Waals surface area (Å²) in [5, 5.41) is 5.89. The molecule has 15 heteroatoms. The highest BCUT2D eigenvalue weighted by atomic mass is 79.9. The molecule has 2 aromatic carbocycles. The van der Waals surface area contributed by atoms with Gasteiger partial charge in [-0.05, 0) is 73.9 Å². The van der Waals surface area contributed by atoms with Crippen molar-refractivity contribution >= 4 is 71.5 Å². The Hall–Kier alpha value is -3.79. The Morgan fingerprint density at radius 1 is 0.936 bits per heavy atom. The van der Waals surface area contributed by atoms with Gasteiger partial charge in [-0.15, -0.1) is 0 Å². The van der Waals surface area contributed by atoms with E-state index >= 15 is 0 Å². The Morgan fingerprint density at radius 3 is 2.38 bits per heavy atom. The Labute approximate surface area is 284 Å². The van der Waals surface area contributed by atoms with Crippen LogP contribution in [0.15, 0.2) is 53.4 Å².